The summed E-state index contributed by atoms with van der Waals surface area (Å²) in [6, 6.07) is 19.2. The summed E-state index contributed by atoms with van der Waals surface area (Å²) in [4.78, 5) is 18.9. The lowest BCUT2D eigenvalue weighted by Crippen LogP contribution is -2.35. The summed E-state index contributed by atoms with van der Waals surface area (Å²) in [7, 11) is 0. The third kappa shape index (κ3) is 4.31. The van der Waals surface area contributed by atoms with Crippen LogP contribution in [0.3, 0.4) is 0 Å². The Hall–Kier alpha value is -3.34. The molecule has 2 heterocycles. The van der Waals surface area contributed by atoms with Crippen LogP contribution in [0.1, 0.15) is 29.6 Å². The number of nitrogens with zero attached hydrogens (tertiary/aromatic N) is 2. The Morgan fingerprint density at radius 2 is 1.68 bits per heavy atom. The molecule has 5 nitrogen and oxygen atoms in total. The Morgan fingerprint density at radius 1 is 0.929 bits per heavy atom. The summed E-state index contributed by atoms with van der Waals surface area (Å²) in [6.45, 7) is 1.65. The molecule has 3 aromatic rings. The summed E-state index contributed by atoms with van der Waals surface area (Å²) in [5.74, 6) is 1.52. The quantitative estimate of drug-likeness (QED) is 0.664. The van der Waals surface area contributed by atoms with E-state index >= 15 is 0 Å². The molecule has 0 spiro atoms. The number of hydrogen-bond acceptors (Lipinski definition) is 4. The Balaban J connectivity index is 1.52. The molecule has 5 heteroatoms. The van der Waals surface area contributed by atoms with Gasteiger partial charge >= 0.3 is 0 Å². The number of hydrogen-bond donors (Lipinski definition) is 1. The largest absolute Gasteiger partial charge is 0.455 e. The van der Waals surface area contributed by atoms with Crippen LogP contribution in [0.4, 0.5) is 11.4 Å². The van der Waals surface area contributed by atoms with Gasteiger partial charge in [0.15, 0.2) is 5.75 Å². The molecule has 1 fully saturated rings. The zero-order valence-corrected chi connectivity index (χ0v) is 15.7. The highest BCUT2D eigenvalue weighted by atomic mass is 16.5. The van der Waals surface area contributed by atoms with E-state index < -0.39 is 0 Å². The number of rotatable bonds is 5. The summed E-state index contributed by atoms with van der Waals surface area (Å²) >= 11 is 0. The molecule has 28 heavy (non-hydrogen) atoms. The van der Waals surface area contributed by atoms with Gasteiger partial charge in [-0.2, -0.15) is 0 Å². The number of aromatic nitrogens is 1. The maximum absolute atomic E-state index is 12.7. The number of para-hydroxylation sites is 3. The minimum absolute atomic E-state index is 0.0460. The Bertz CT molecular complexity index is 937. The predicted molar refractivity (Wildman–Crippen MR) is 110 cm³/mol. The van der Waals surface area contributed by atoms with Crippen molar-refractivity contribution in [2.45, 2.75) is 19.3 Å². The minimum Gasteiger partial charge on any atom is -0.455 e. The lowest BCUT2D eigenvalue weighted by Gasteiger charge is -2.26. The first-order valence-electron chi connectivity index (χ1n) is 9.63. The average Bonchev–Trinajstić information content (AvgIpc) is 2.76. The van der Waals surface area contributed by atoms with Crippen LogP contribution in [-0.4, -0.2) is 28.9 Å². The predicted octanol–water partition coefficient (Wildman–Crippen LogP) is 5.24. The number of carbonyl (C=O) groups is 1. The first-order chi connectivity index (χ1) is 13.8. The van der Waals surface area contributed by atoms with E-state index in [1.165, 1.54) is 6.42 Å². The number of anilines is 2. The summed E-state index contributed by atoms with van der Waals surface area (Å²) in [6.07, 6.45) is 6.69. The number of benzene rings is 2. The average molecular weight is 373 g/mol. The van der Waals surface area contributed by atoms with Crippen LogP contribution in [0.25, 0.3) is 0 Å². The van der Waals surface area contributed by atoms with Gasteiger partial charge in [0.1, 0.15) is 5.75 Å². The van der Waals surface area contributed by atoms with Crippen LogP contribution in [-0.2, 0) is 0 Å². The van der Waals surface area contributed by atoms with Gasteiger partial charge in [-0.15, -0.1) is 0 Å². The second-order valence-corrected chi connectivity index (χ2v) is 6.85. The van der Waals surface area contributed by atoms with Gasteiger partial charge in [0, 0.05) is 19.3 Å². The van der Waals surface area contributed by atoms with E-state index in [1.54, 1.807) is 12.4 Å². The van der Waals surface area contributed by atoms with Crippen LogP contribution < -0.4 is 10.1 Å². The number of likely N-dealkylation sites (tertiary alicyclic amines) is 1. The molecule has 0 saturated carbocycles. The monoisotopic (exact) mass is 373 g/mol. The standard InChI is InChI=1S/C23H23N3O2/c27-23(26-13-7-2-8-14-26)18-15-19(17-24-16-18)25-21-11-5-6-12-22(21)28-20-9-3-1-4-10-20/h1,3-6,9-12,15-17,25H,2,7-8,13-14H2. The number of ether oxygens (including phenoxy) is 1. The second-order valence-electron chi connectivity index (χ2n) is 6.85. The summed E-state index contributed by atoms with van der Waals surface area (Å²) in [5.41, 5.74) is 2.18. The van der Waals surface area contributed by atoms with Crippen molar-refractivity contribution >= 4 is 17.3 Å². The van der Waals surface area contributed by atoms with Gasteiger partial charge in [0.25, 0.3) is 5.91 Å². The van der Waals surface area contributed by atoms with E-state index in [2.05, 4.69) is 10.3 Å². The van der Waals surface area contributed by atoms with Crippen molar-refractivity contribution in [3.63, 3.8) is 0 Å². The molecule has 0 unspecified atom stereocenters. The van der Waals surface area contributed by atoms with Crippen molar-refractivity contribution in [1.29, 1.82) is 0 Å². The SMILES string of the molecule is O=C(c1cncc(Nc2ccccc2Oc2ccccc2)c1)N1CCCCC1. The van der Waals surface area contributed by atoms with E-state index in [-0.39, 0.29) is 5.91 Å². The van der Waals surface area contributed by atoms with Gasteiger partial charge in [-0.1, -0.05) is 30.3 Å². The molecule has 1 aliphatic heterocycles. The third-order valence-electron chi connectivity index (χ3n) is 4.77. The smallest absolute Gasteiger partial charge is 0.255 e. The van der Waals surface area contributed by atoms with Gasteiger partial charge in [0.2, 0.25) is 0 Å². The van der Waals surface area contributed by atoms with Crippen molar-refractivity contribution in [2.75, 3.05) is 18.4 Å². The topological polar surface area (TPSA) is 54.5 Å². The third-order valence-corrected chi connectivity index (χ3v) is 4.77. The minimum atomic E-state index is 0.0460. The Morgan fingerprint density at radius 3 is 2.50 bits per heavy atom. The number of nitrogens with one attached hydrogen (secondary N) is 1. The molecule has 1 saturated heterocycles. The molecular weight excluding hydrogens is 350 g/mol. The Labute approximate surface area is 165 Å². The first kappa shape index (κ1) is 18.0. The van der Waals surface area contributed by atoms with Crippen molar-refractivity contribution in [3.05, 3.63) is 78.6 Å². The second kappa shape index (κ2) is 8.57. The molecule has 2 aromatic carbocycles. The highest BCUT2D eigenvalue weighted by Crippen LogP contribution is 2.31. The van der Waals surface area contributed by atoms with Crippen LogP contribution in [0.15, 0.2) is 73.1 Å². The van der Waals surface area contributed by atoms with Crippen molar-refractivity contribution in [3.8, 4) is 11.5 Å². The van der Waals surface area contributed by atoms with E-state index in [4.69, 9.17) is 4.74 Å². The zero-order chi connectivity index (χ0) is 19.2. The highest BCUT2D eigenvalue weighted by Gasteiger charge is 2.18. The fraction of sp³-hybridized carbons (Fsp3) is 0.217. The normalized spacial score (nSPS) is 13.8. The molecule has 0 atom stereocenters. The molecule has 0 bridgehead atoms. The van der Waals surface area contributed by atoms with Crippen LogP contribution in [0.5, 0.6) is 11.5 Å². The number of piperidine rings is 1. The van der Waals surface area contributed by atoms with Gasteiger partial charge in [-0.3, -0.25) is 9.78 Å². The summed E-state index contributed by atoms with van der Waals surface area (Å²) in [5, 5.41) is 3.33. The van der Waals surface area contributed by atoms with Crippen LogP contribution in [0.2, 0.25) is 0 Å². The molecule has 1 N–H and O–H groups in total. The molecule has 1 amide bonds. The highest BCUT2D eigenvalue weighted by molar-refractivity contribution is 5.95. The van der Waals surface area contributed by atoms with E-state index in [0.29, 0.717) is 11.3 Å². The summed E-state index contributed by atoms with van der Waals surface area (Å²) < 4.78 is 6.00. The molecular formula is C23H23N3O2. The molecule has 0 radical (unpaired) electrons. The Kier molecular flexibility index (Phi) is 5.52. The van der Waals surface area contributed by atoms with Gasteiger partial charge in [-0.05, 0) is 49.6 Å². The first-order valence-corrected chi connectivity index (χ1v) is 9.63. The lowest BCUT2D eigenvalue weighted by atomic mass is 10.1. The lowest BCUT2D eigenvalue weighted by molar-refractivity contribution is 0.0724. The van der Waals surface area contributed by atoms with Crippen LogP contribution in [0, 0.1) is 0 Å². The van der Waals surface area contributed by atoms with Crippen molar-refractivity contribution < 1.29 is 9.53 Å². The fourth-order valence-corrected chi connectivity index (χ4v) is 3.33. The maximum Gasteiger partial charge on any atom is 0.255 e. The number of pyridine rings is 1. The van der Waals surface area contributed by atoms with Gasteiger partial charge < -0.3 is 15.0 Å². The zero-order valence-electron chi connectivity index (χ0n) is 15.7. The van der Waals surface area contributed by atoms with Crippen molar-refractivity contribution in [1.82, 2.24) is 9.88 Å². The number of carbonyl (C=O) groups excluding carboxylic acids is 1. The van der Waals surface area contributed by atoms with Gasteiger partial charge in [0.05, 0.1) is 23.1 Å². The molecule has 1 aromatic heterocycles. The molecule has 4 rings (SSSR count). The molecule has 0 aliphatic carbocycles. The van der Waals surface area contributed by atoms with E-state index in [0.717, 1.165) is 43.1 Å². The maximum atomic E-state index is 12.7. The fourth-order valence-electron chi connectivity index (χ4n) is 3.33. The van der Waals surface area contributed by atoms with E-state index in [9.17, 15) is 4.79 Å². The van der Waals surface area contributed by atoms with Crippen molar-refractivity contribution in [2.24, 2.45) is 0 Å². The molecule has 1 aliphatic rings. The number of amides is 1. The van der Waals surface area contributed by atoms with E-state index in [1.807, 2.05) is 65.6 Å². The van der Waals surface area contributed by atoms with Crippen LogP contribution >= 0.6 is 0 Å². The van der Waals surface area contributed by atoms with Gasteiger partial charge in [-0.25, -0.2) is 0 Å². The molecule has 142 valence electrons.